The van der Waals surface area contributed by atoms with E-state index in [1.165, 1.54) is 5.56 Å². The van der Waals surface area contributed by atoms with E-state index in [0.29, 0.717) is 18.0 Å². The lowest BCUT2D eigenvalue weighted by atomic mass is 9.85. The third-order valence-electron chi connectivity index (χ3n) is 6.15. The van der Waals surface area contributed by atoms with Crippen LogP contribution < -0.4 is 10.1 Å². The molecule has 6 heteroatoms. The summed E-state index contributed by atoms with van der Waals surface area (Å²) >= 11 is 0. The Balaban J connectivity index is 1.47. The number of para-hydroxylation sites is 1. The van der Waals surface area contributed by atoms with Crippen LogP contribution in [0.1, 0.15) is 40.5 Å². The Morgan fingerprint density at radius 2 is 1.90 bits per heavy atom. The first-order chi connectivity index (χ1) is 15.1. The van der Waals surface area contributed by atoms with Crippen LogP contribution in [0.4, 0.5) is 0 Å². The van der Waals surface area contributed by atoms with Crippen molar-refractivity contribution in [1.82, 2.24) is 20.0 Å². The highest BCUT2D eigenvalue weighted by molar-refractivity contribution is 5.95. The SMILES string of the molecule is COc1ccc(C2C(CNC(=O)c3cn(-c4ccccc4)nc3C)CCCN2C)cc1. The summed E-state index contributed by atoms with van der Waals surface area (Å²) in [5, 5.41) is 7.70. The van der Waals surface area contributed by atoms with Crippen LogP contribution in [0, 0.1) is 12.8 Å². The maximum Gasteiger partial charge on any atom is 0.254 e. The second-order valence-electron chi connectivity index (χ2n) is 8.22. The average Bonchev–Trinajstić information content (AvgIpc) is 3.20. The molecule has 162 valence electrons. The molecule has 2 atom stereocenters. The number of benzene rings is 2. The van der Waals surface area contributed by atoms with Crippen molar-refractivity contribution in [2.75, 3.05) is 27.2 Å². The van der Waals surface area contributed by atoms with Crippen molar-refractivity contribution < 1.29 is 9.53 Å². The van der Waals surface area contributed by atoms with Crippen LogP contribution in [-0.2, 0) is 0 Å². The van der Waals surface area contributed by atoms with Crippen LogP contribution in [0.5, 0.6) is 5.75 Å². The number of hydrogen-bond acceptors (Lipinski definition) is 4. The third-order valence-corrected chi connectivity index (χ3v) is 6.15. The zero-order valence-electron chi connectivity index (χ0n) is 18.4. The third kappa shape index (κ3) is 4.64. The molecule has 0 spiro atoms. The van der Waals surface area contributed by atoms with Gasteiger partial charge in [-0.15, -0.1) is 0 Å². The zero-order chi connectivity index (χ0) is 21.8. The van der Waals surface area contributed by atoms with Crippen LogP contribution in [0.3, 0.4) is 0 Å². The van der Waals surface area contributed by atoms with Gasteiger partial charge in [0.25, 0.3) is 5.91 Å². The fourth-order valence-corrected chi connectivity index (χ4v) is 4.52. The number of piperidine rings is 1. The normalized spacial score (nSPS) is 19.2. The van der Waals surface area contributed by atoms with E-state index in [1.54, 1.807) is 11.8 Å². The molecular weight excluding hydrogens is 388 g/mol. The number of carbonyl (C=O) groups is 1. The van der Waals surface area contributed by atoms with Gasteiger partial charge in [-0.3, -0.25) is 9.69 Å². The van der Waals surface area contributed by atoms with Gasteiger partial charge in [-0.1, -0.05) is 30.3 Å². The first-order valence-corrected chi connectivity index (χ1v) is 10.8. The molecule has 1 aliphatic rings. The van der Waals surface area contributed by atoms with E-state index in [4.69, 9.17) is 4.74 Å². The van der Waals surface area contributed by atoms with Crippen molar-refractivity contribution in [2.24, 2.45) is 5.92 Å². The summed E-state index contributed by atoms with van der Waals surface area (Å²) in [6, 6.07) is 18.4. The molecule has 31 heavy (non-hydrogen) atoms. The quantitative estimate of drug-likeness (QED) is 0.657. The molecule has 1 aliphatic heterocycles. The van der Waals surface area contributed by atoms with Crippen LogP contribution in [0.25, 0.3) is 5.69 Å². The van der Waals surface area contributed by atoms with Crippen molar-refractivity contribution in [1.29, 1.82) is 0 Å². The van der Waals surface area contributed by atoms with Crippen LogP contribution in [0.15, 0.2) is 60.8 Å². The lowest BCUT2D eigenvalue weighted by Crippen LogP contribution is -2.41. The van der Waals surface area contributed by atoms with Gasteiger partial charge in [0.05, 0.1) is 24.1 Å². The number of aromatic nitrogens is 2. The fourth-order valence-electron chi connectivity index (χ4n) is 4.52. The highest BCUT2D eigenvalue weighted by Gasteiger charge is 2.31. The molecule has 1 aromatic heterocycles. The molecule has 3 aromatic rings. The molecule has 1 N–H and O–H groups in total. The summed E-state index contributed by atoms with van der Waals surface area (Å²) in [5.41, 5.74) is 3.55. The van der Waals surface area contributed by atoms with Gasteiger partial charge in [0.1, 0.15) is 5.75 Å². The molecule has 2 unspecified atom stereocenters. The Morgan fingerprint density at radius 1 is 1.16 bits per heavy atom. The minimum Gasteiger partial charge on any atom is -0.497 e. The number of rotatable bonds is 6. The summed E-state index contributed by atoms with van der Waals surface area (Å²) in [6.45, 7) is 3.57. The van der Waals surface area contributed by atoms with Crippen LogP contribution >= 0.6 is 0 Å². The number of hydrogen-bond donors (Lipinski definition) is 1. The van der Waals surface area contributed by atoms with Crippen molar-refractivity contribution >= 4 is 5.91 Å². The standard InChI is InChI=1S/C25H30N4O2/c1-18-23(17-29(27-18)21-9-5-4-6-10-21)25(30)26-16-20-8-7-15-28(2)24(20)19-11-13-22(31-3)14-12-19/h4-6,9-14,17,20,24H,7-8,15-16H2,1-3H3,(H,26,30). The topological polar surface area (TPSA) is 59.4 Å². The average molecular weight is 419 g/mol. The lowest BCUT2D eigenvalue weighted by molar-refractivity contribution is 0.0891. The first-order valence-electron chi connectivity index (χ1n) is 10.8. The van der Waals surface area contributed by atoms with Gasteiger partial charge in [-0.2, -0.15) is 5.10 Å². The Hall–Kier alpha value is -3.12. The Labute approximate surface area is 183 Å². The summed E-state index contributed by atoms with van der Waals surface area (Å²) in [4.78, 5) is 15.4. The molecule has 0 radical (unpaired) electrons. The summed E-state index contributed by atoms with van der Waals surface area (Å²) < 4.78 is 7.07. The van der Waals surface area contributed by atoms with Crippen molar-refractivity contribution in [3.05, 3.63) is 77.6 Å². The fraction of sp³-hybridized carbons (Fsp3) is 0.360. The number of nitrogens with one attached hydrogen (secondary N) is 1. The number of carbonyl (C=O) groups excluding carboxylic acids is 1. The molecule has 4 rings (SSSR count). The van der Waals surface area contributed by atoms with Gasteiger partial charge in [0.2, 0.25) is 0 Å². The van der Waals surface area contributed by atoms with E-state index >= 15 is 0 Å². The Bertz CT molecular complexity index is 1010. The molecular formula is C25H30N4O2. The second kappa shape index (κ2) is 9.35. The highest BCUT2D eigenvalue weighted by atomic mass is 16.5. The molecule has 1 amide bonds. The summed E-state index contributed by atoms with van der Waals surface area (Å²) in [5.74, 6) is 1.14. The van der Waals surface area contributed by atoms with Gasteiger partial charge >= 0.3 is 0 Å². The van der Waals surface area contributed by atoms with E-state index in [1.807, 2.05) is 55.6 Å². The summed E-state index contributed by atoms with van der Waals surface area (Å²) in [7, 11) is 3.85. The highest BCUT2D eigenvalue weighted by Crippen LogP contribution is 2.35. The maximum absolute atomic E-state index is 13.0. The van der Waals surface area contributed by atoms with Crippen molar-refractivity contribution in [3.8, 4) is 11.4 Å². The molecule has 1 fully saturated rings. The van der Waals surface area contributed by atoms with Crippen LogP contribution in [0.2, 0.25) is 0 Å². The molecule has 6 nitrogen and oxygen atoms in total. The molecule has 2 aromatic carbocycles. The van der Waals surface area contributed by atoms with Crippen molar-refractivity contribution in [2.45, 2.75) is 25.8 Å². The molecule has 2 heterocycles. The minimum atomic E-state index is -0.0682. The predicted molar refractivity (Wildman–Crippen MR) is 122 cm³/mol. The lowest BCUT2D eigenvalue weighted by Gasteiger charge is -2.39. The van der Waals surface area contributed by atoms with Gasteiger partial charge in [-0.05, 0) is 69.1 Å². The molecule has 0 saturated carbocycles. The molecule has 0 bridgehead atoms. The number of amides is 1. The van der Waals surface area contributed by atoms with E-state index in [-0.39, 0.29) is 11.9 Å². The zero-order valence-corrected chi connectivity index (χ0v) is 18.4. The summed E-state index contributed by atoms with van der Waals surface area (Å²) in [6.07, 6.45) is 4.03. The van der Waals surface area contributed by atoms with Gasteiger partial charge in [-0.25, -0.2) is 4.68 Å². The minimum absolute atomic E-state index is 0.0682. The Kier molecular flexibility index (Phi) is 6.37. The molecule has 0 aliphatic carbocycles. The number of ether oxygens (including phenoxy) is 1. The smallest absolute Gasteiger partial charge is 0.254 e. The Morgan fingerprint density at radius 3 is 2.61 bits per heavy atom. The van der Waals surface area contributed by atoms with Crippen molar-refractivity contribution in [3.63, 3.8) is 0 Å². The van der Waals surface area contributed by atoms with E-state index in [0.717, 1.165) is 36.5 Å². The number of aryl methyl sites for hydroxylation is 1. The van der Waals surface area contributed by atoms with E-state index in [2.05, 4.69) is 34.5 Å². The van der Waals surface area contributed by atoms with Gasteiger partial charge in [0.15, 0.2) is 0 Å². The van der Waals surface area contributed by atoms with Gasteiger partial charge < -0.3 is 10.1 Å². The van der Waals surface area contributed by atoms with Gasteiger partial charge in [0, 0.05) is 18.8 Å². The second-order valence-corrected chi connectivity index (χ2v) is 8.22. The van der Waals surface area contributed by atoms with Crippen LogP contribution in [-0.4, -0.2) is 47.8 Å². The number of nitrogens with zero attached hydrogens (tertiary/aromatic N) is 3. The maximum atomic E-state index is 13.0. The predicted octanol–water partition coefficient (Wildman–Crippen LogP) is 4.00. The number of likely N-dealkylation sites (tertiary alicyclic amines) is 1. The first kappa shape index (κ1) is 21.1. The largest absolute Gasteiger partial charge is 0.497 e. The molecule has 1 saturated heterocycles. The number of methoxy groups -OCH3 is 1. The van der Waals surface area contributed by atoms with E-state index in [9.17, 15) is 4.79 Å². The monoisotopic (exact) mass is 418 g/mol. The van der Waals surface area contributed by atoms with E-state index < -0.39 is 0 Å².